The van der Waals surface area contributed by atoms with Crippen molar-refractivity contribution in [3.05, 3.63) is 32.6 Å². The number of hydrogen-bond donors (Lipinski definition) is 2. The van der Waals surface area contributed by atoms with Gasteiger partial charge in [-0.05, 0) is 19.9 Å². The van der Waals surface area contributed by atoms with Crippen LogP contribution in [-0.4, -0.2) is 17.0 Å². The summed E-state index contributed by atoms with van der Waals surface area (Å²) in [6.45, 7) is 3.76. The van der Waals surface area contributed by atoms with E-state index in [0.29, 0.717) is 0 Å². The van der Waals surface area contributed by atoms with Crippen LogP contribution in [0.25, 0.3) is 11.3 Å². The molecule has 0 amide bonds. The van der Waals surface area contributed by atoms with Crippen LogP contribution in [0, 0.1) is 25.2 Å². The fourth-order valence-corrected chi connectivity index (χ4v) is 2.49. The summed E-state index contributed by atoms with van der Waals surface area (Å²) in [4.78, 5) is 19.7. The van der Waals surface area contributed by atoms with E-state index in [1.807, 2.05) is 20.0 Å². The fraction of sp³-hybridized carbons (Fsp3) is 0.250. The maximum atomic E-state index is 11.5. The third-order valence-corrected chi connectivity index (χ3v) is 3.61. The van der Waals surface area contributed by atoms with Crippen LogP contribution in [0.5, 0.6) is 0 Å². The van der Waals surface area contributed by atoms with E-state index in [1.54, 1.807) is 13.0 Å². The van der Waals surface area contributed by atoms with Crippen molar-refractivity contribution in [3.8, 4) is 17.3 Å². The van der Waals surface area contributed by atoms with Crippen LogP contribution in [0.1, 0.15) is 16.1 Å². The molecule has 2 heterocycles. The van der Waals surface area contributed by atoms with E-state index in [0.717, 1.165) is 27.0 Å². The molecule has 0 fully saturated rings. The number of aryl methyl sites for hydroxylation is 2. The molecule has 0 aliphatic carbocycles. The smallest absolute Gasteiger partial charge is 0.266 e. The number of aromatic amines is 1. The molecule has 0 saturated heterocycles. The molecule has 0 bridgehead atoms. The Labute approximate surface area is 108 Å². The summed E-state index contributed by atoms with van der Waals surface area (Å²) in [5.74, 6) is 0. The molecule has 92 valence electrons. The minimum atomic E-state index is -0.361. The third-order valence-electron chi connectivity index (χ3n) is 2.62. The summed E-state index contributed by atoms with van der Waals surface area (Å²) in [6, 6.07) is 3.48. The van der Waals surface area contributed by atoms with Crippen molar-refractivity contribution in [3.63, 3.8) is 0 Å². The van der Waals surface area contributed by atoms with Gasteiger partial charge in [0.15, 0.2) is 5.13 Å². The first-order chi connectivity index (χ1) is 8.56. The molecule has 2 rings (SSSR count). The molecule has 0 saturated carbocycles. The highest BCUT2D eigenvalue weighted by Crippen LogP contribution is 2.31. The minimum absolute atomic E-state index is 0.106. The first-order valence-corrected chi connectivity index (χ1v) is 6.18. The first-order valence-electron chi connectivity index (χ1n) is 5.36. The summed E-state index contributed by atoms with van der Waals surface area (Å²) in [7, 11) is 1.81. The van der Waals surface area contributed by atoms with E-state index in [-0.39, 0.29) is 11.1 Å². The summed E-state index contributed by atoms with van der Waals surface area (Å²) in [6.07, 6.45) is 0. The van der Waals surface area contributed by atoms with Gasteiger partial charge < -0.3 is 10.3 Å². The number of anilines is 1. The largest absolute Gasteiger partial charge is 0.365 e. The molecule has 0 unspecified atom stereocenters. The lowest BCUT2D eigenvalue weighted by atomic mass is 10.1. The third kappa shape index (κ3) is 2.00. The van der Waals surface area contributed by atoms with Crippen molar-refractivity contribution in [1.29, 1.82) is 5.26 Å². The van der Waals surface area contributed by atoms with E-state index in [9.17, 15) is 4.79 Å². The molecule has 2 aromatic heterocycles. The molecule has 0 aliphatic heterocycles. The maximum absolute atomic E-state index is 11.5. The Balaban J connectivity index is 2.67. The number of hydrogen-bond acceptors (Lipinski definition) is 5. The summed E-state index contributed by atoms with van der Waals surface area (Å²) in [5, 5.41) is 12.7. The molecule has 0 aliphatic rings. The number of H-pyrrole nitrogens is 1. The SMILES string of the molecule is CNc1nc(-c2cc(C#N)c(=O)[nH]c2C)c(C)s1. The van der Waals surface area contributed by atoms with Crippen molar-refractivity contribution in [2.75, 3.05) is 12.4 Å². The summed E-state index contributed by atoms with van der Waals surface area (Å²) >= 11 is 1.54. The number of nitriles is 1. The van der Waals surface area contributed by atoms with Crippen LogP contribution in [-0.2, 0) is 0 Å². The lowest BCUT2D eigenvalue weighted by Gasteiger charge is -2.04. The van der Waals surface area contributed by atoms with E-state index in [2.05, 4.69) is 15.3 Å². The molecule has 0 radical (unpaired) electrons. The van der Waals surface area contributed by atoms with Gasteiger partial charge in [-0.25, -0.2) is 4.98 Å². The average Bonchev–Trinajstić information content (AvgIpc) is 2.71. The molecule has 2 N–H and O–H groups in total. The molecular weight excluding hydrogens is 248 g/mol. The van der Waals surface area contributed by atoms with Crippen molar-refractivity contribution < 1.29 is 0 Å². The Kier molecular flexibility index (Phi) is 3.17. The Hall–Kier alpha value is -2.13. The van der Waals surface area contributed by atoms with Gasteiger partial charge in [0.1, 0.15) is 11.6 Å². The molecule has 0 aromatic carbocycles. The molecule has 0 atom stereocenters. The van der Waals surface area contributed by atoms with Crippen molar-refractivity contribution in [2.24, 2.45) is 0 Å². The van der Waals surface area contributed by atoms with E-state index in [1.165, 1.54) is 11.3 Å². The zero-order chi connectivity index (χ0) is 13.3. The molecule has 18 heavy (non-hydrogen) atoms. The number of pyridine rings is 1. The van der Waals surface area contributed by atoms with Gasteiger partial charge in [0.25, 0.3) is 5.56 Å². The van der Waals surface area contributed by atoms with Crippen LogP contribution < -0.4 is 10.9 Å². The zero-order valence-corrected chi connectivity index (χ0v) is 11.1. The molecule has 0 spiro atoms. The standard InChI is InChI=1S/C12H12N4OS/c1-6-9(4-8(5-13)11(17)15-6)10-7(2)18-12(14-3)16-10/h4H,1-3H3,(H,14,16)(H,15,17). The van der Waals surface area contributed by atoms with Crippen molar-refractivity contribution in [2.45, 2.75) is 13.8 Å². The number of aromatic nitrogens is 2. The van der Waals surface area contributed by atoms with Gasteiger partial charge in [0.2, 0.25) is 0 Å². The van der Waals surface area contributed by atoms with E-state index >= 15 is 0 Å². The number of nitrogens with one attached hydrogen (secondary N) is 2. The molecule has 2 aromatic rings. The van der Waals surface area contributed by atoms with Crippen molar-refractivity contribution >= 4 is 16.5 Å². The zero-order valence-electron chi connectivity index (χ0n) is 10.3. The Morgan fingerprint density at radius 2 is 2.22 bits per heavy atom. The van der Waals surface area contributed by atoms with Crippen LogP contribution in [0.4, 0.5) is 5.13 Å². The van der Waals surface area contributed by atoms with Crippen LogP contribution in [0.3, 0.4) is 0 Å². The lowest BCUT2D eigenvalue weighted by molar-refractivity contribution is 1.12. The van der Waals surface area contributed by atoms with Gasteiger partial charge in [-0.3, -0.25) is 4.79 Å². The van der Waals surface area contributed by atoms with E-state index in [4.69, 9.17) is 5.26 Å². The fourth-order valence-electron chi connectivity index (χ4n) is 1.71. The molecule has 6 heteroatoms. The topological polar surface area (TPSA) is 81.6 Å². The van der Waals surface area contributed by atoms with Gasteiger partial charge in [0.05, 0.1) is 5.69 Å². The predicted octanol–water partition coefficient (Wildman–Crippen LogP) is 2.03. The summed E-state index contributed by atoms with van der Waals surface area (Å²) < 4.78 is 0. The van der Waals surface area contributed by atoms with Crippen LogP contribution in [0.2, 0.25) is 0 Å². The number of thiazole rings is 1. The maximum Gasteiger partial charge on any atom is 0.266 e. The Bertz CT molecular complexity index is 693. The number of nitrogens with zero attached hydrogens (tertiary/aromatic N) is 2. The van der Waals surface area contributed by atoms with Crippen LogP contribution >= 0.6 is 11.3 Å². The highest BCUT2D eigenvalue weighted by molar-refractivity contribution is 7.15. The highest BCUT2D eigenvalue weighted by atomic mass is 32.1. The van der Waals surface area contributed by atoms with Crippen LogP contribution in [0.15, 0.2) is 10.9 Å². The van der Waals surface area contributed by atoms with Gasteiger partial charge >= 0.3 is 0 Å². The second kappa shape index (κ2) is 4.63. The van der Waals surface area contributed by atoms with Gasteiger partial charge in [-0.2, -0.15) is 5.26 Å². The Morgan fingerprint density at radius 3 is 2.78 bits per heavy atom. The summed E-state index contributed by atoms with van der Waals surface area (Å²) in [5.41, 5.74) is 2.06. The molecular formula is C12H12N4OS. The highest BCUT2D eigenvalue weighted by Gasteiger charge is 2.13. The Morgan fingerprint density at radius 1 is 1.50 bits per heavy atom. The second-order valence-electron chi connectivity index (χ2n) is 3.84. The van der Waals surface area contributed by atoms with E-state index < -0.39 is 0 Å². The number of rotatable bonds is 2. The first kappa shape index (κ1) is 12.3. The normalized spacial score (nSPS) is 10.1. The second-order valence-corrected chi connectivity index (χ2v) is 5.04. The van der Waals surface area contributed by atoms with Crippen molar-refractivity contribution in [1.82, 2.24) is 9.97 Å². The average molecular weight is 260 g/mol. The lowest BCUT2D eigenvalue weighted by Crippen LogP contribution is -2.12. The molecule has 5 nitrogen and oxygen atoms in total. The minimum Gasteiger partial charge on any atom is -0.365 e. The monoisotopic (exact) mass is 260 g/mol. The quantitative estimate of drug-likeness (QED) is 0.865. The van der Waals surface area contributed by atoms with Gasteiger partial charge in [-0.1, -0.05) is 0 Å². The van der Waals surface area contributed by atoms with Gasteiger partial charge in [-0.15, -0.1) is 11.3 Å². The predicted molar refractivity (Wildman–Crippen MR) is 71.9 cm³/mol. The van der Waals surface area contributed by atoms with Gasteiger partial charge in [0, 0.05) is 23.2 Å².